The highest BCUT2D eigenvalue weighted by Gasteiger charge is 2.33. The molecule has 28 heavy (non-hydrogen) atoms. The maximum absolute atomic E-state index is 13.2. The molecule has 0 aromatic heterocycles. The van der Waals surface area contributed by atoms with Crippen molar-refractivity contribution in [2.75, 3.05) is 5.32 Å². The number of carboxylic acid groups (broad SMARTS) is 1. The Morgan fingerprint density at radius 3 is 2.39 bits per heavy atom. The van der Waals surface area contributed by atoms with Gasteiger partial charge in [0.15, 0.2) is 0 Å². The molecular weight excluding hydrogens is 378 g/mol. The van der Waals surface area contributed by atoms with Crippen LogP contribution in [0.15, 0.2) is 36.4 Å². The monoisotopic (exact) mass is 393 g/mol. The van der Waals surface area contributed by atoms with Crippen LogP contribution in [0.25, 0.3) is 12.2 Å². The number of hydrogen-bond acceptors (Lipinski definition) is 2. The summed E-state index contributed by atoms with van der Waals surface area (Å²) in [7, 11) is 0. The topological polar surface area (TPSA) is 66.4 Å². The van der Waals surface area contributed by atoms with Crippen molar-refractivity contribution in [1.82, 2.24) is 0 Å². The van der Waals surface area contributed by atoms with Crippen molar-refractivity contribution >= 4 is 29.7 Å². The van der Waals surface area contributed by atoms with E-state index in [2.05, 4.69) is 5.32 Å². The lowest BCUT2D eigenvalue weighted by atomic mass is 10.0. The van der Waals surface area contributed by atoms with Crippen molar-refractivity contribution < 1.29 is 32.3 Å². The van der Waals surface area contributed by atoms with Crippen molar-refractivity contribution in [1.29, 1.82) is 0 Å². The van der Waals surface area contributed by atoms with Gasteiger partial charge in [0, 0.05) is 5.92 Å². The Kier molecular flexibility index (Phi) is 5.22. The number of rotatable bonds is 5. The van der Waals surface area contributed by atoms with Gasteiger partial charge < -0.3 is 10.4 Å². The van der Waals surface area contributed by atoms with Gasteiger partial charge in [-0.15, -0.1) is 0 Å². The number of nitrogens with one attached hydrogen (secondary N) is 1. The van der Waals surface area contributed by atoms with E-state index in [9.17, 15) is 32.3 Å². The molecule has 0 atom stereocenters. The van der Waals surface area contributed by atoms with Crippen molar-refractivity contribution in [3.63, 3.8) is 0 Å². The van der Waals surface area contributed by atoms with E-state index in [1.807, 2.05) is 0 Å². The minimum Gasteiger partial charge on any atom is -0.478 e. The number of benzene rings is 2. The minimum atomic E-state index is -4.73. The van der Waals surface area contributed by atoms with E-state index in [0.717, 1.165) is 31.1 Å². The fourth-order valence-corrected chi connectivity index (χ4v) is 2.64. The molecule has 0 saturated heterocycles. The highest BCUT2D eigenvalue weighted by Crippen LogP contribution is 2.34. The summed E-state index contributed by atoms with van der Waals surface area (Å²) in [6.07, 6.45) is -0.791. The fourth-order valence-electron chi connectivity index (χ4n) is 2.64. The molecule has 2 aromatic carbocycles. The van der Waals surface area contributed by atoms with E-state index in [0.29, 0.717) is 11.6 Å². The quantitative estimate of drug-likeness (QED) is 0.551. The summed E-state index contributed by atoms with van der Waals surface area (Å²) in [5.74, 6) is -2.65. The maximum atomic E-state index is 13.2. The van der Waals surface area contributed by atoms with Crippen LogP contribution in [0.1, 0.15) is 39.9 Å². The van der Waals surface area contributed by atoms with Gasteiger partial charge in [-0.3, -0.25) is 4.79 Å². The van der Waals surface area contributed by atoms with E-state index >= 15 is 0 Å². The first-order valence-corrected chi connectivity index (χ1v) is 8.38. The second-order valence-corrected chi connectivity index (χ2v) is 6.44. The Balaban J connectivity index is 1.89. The summed E-state index contributed by atoms with van der Waals surface area (Å²) in [6.45, 7) is 0. The van der Waals surface area contributed by atoms with Gasteiger partial charge in [0.25, 0.3) is 0 Å². The lowest BCUT2D eigenvalue weighted by Gasteiger charge is -2.11. The number of carbonyl (C=O) groups is 2. The smallest absolute Gasteiger partial charge is 0.417 e. The number of carbonyl (C=O) groups excluding carboxylic acids is 1. The number of amides is 1. The number of halogens is 4. The van der Waals surface area contributed by atoms with Crippen LogP contribution in [0.4, 0.5) is 23.2 Å². The molecule has 0 aliphatic heterocycles. The molecule has 2 N–H and O–H groups in total. The second-order valence-electron chi connectivity index (χ2n) is 6.44. The summed E-state index contributed by atoms with van der Waals surface area (Å²) in [5, 5.41) is 11.9. The molecule has 0 unspecified atom stereocenters. The number of anilines is 1. The molecule has 4 nitrogen and oxygen atoms in total. The Morgan fingerprint density at radius 1 is 1.07 bits per heavy atom. The van der Waals surface area contributed by atoms with Gasteiger partial charge in [-0.25, -0.2) is 9.18 Å². The van der Waals surface area contributed by atoms with E-state index in [-0.39, 0.29) is 28.6 Å². The third kappa shape index (κ3) is 4.57. The minimum absolute atomic E-state index is 0.111. The van der Waals surface area contributed by atoms with Crippen LogP contribution in [0.2, 0.25) is 0 Å². The number of aromatic carboxylic acids is 1. The maximum Gasteiger partial charge on any atom is 0.417 e. The molecule has 1 amide bonds. The summed E-state index contributed by atoms with van der Waals surface area (Å²) >= 11 is 0. The molecular formula is C20H15F4NO3. The summed E-state index contributed by atoms with van der Waals surface area (Å²) in [4.78, 5) is 23.3. The zero-order valence-electron chi connectivity index (χ0n) is 14.4. The molecule has 0 bridgehead atoms. The molecule has 8 heteroatoms. The second kappa shape index (κ2) is 7.46. The van der Waals surface area contributed by atoms with E-state index in [1.165, 1.54) is 24.3 Å². The van der Waals surface area contributed by atoms with Gasteiger partial charge in [0.05, 0.1) is 16.8 Å². The third-order valence-corrected chi connectivity index (χ3v) is 4.26. The Morgan fingerprint density at radius 2 is 1.79 bits per heavy atom. The van der Waals surface area contributed by atoms with Crippen molar-refractivity contribution in [3.8, 4) is 0 Å². The first kappa shape index (κ1) is 19.6. The highest BCUT2D eigenvalue weighted by molar-refractivity contribution is 6.02. The third-order valence-electron chi connectivity index (χ3n) is 4.26. The van der Waals surface area contributed by atoms with E-state index in [4.69, 9.17) is 0 Å². The van der Waals surface area contributed by atoms with Crippen LogP contribution in [0.3, 0.4) is 0 Å². The Bertz CT molecular complexity index is 962. The molecule has 0 radical (unpaired) electrons. The van der Waals surface area contributed by atoms with E-state index < -0.39 is 23.5 Å². The van der Waals surface area contributed by atoms with Crippen LogP contribution < -0.4 is 5.32 Å². The predicted octanol–water partition coefficient (Wildman–Crippen LogP) is 5.06. The summed E-state index contributed by atoms with van der Waals surface area (Å²) in [6, 6.07) is 6.42. The average molecular weight is 393 g/mol. The van der Waals surface area contributed by atoms with Gasteiger partial charge >= 0.3 is 12.1 Å². The lowest BCUT2D eigenvalue weighted by molar-refractivity contribution is -0.137. The van der Waals surface area contributed by atoms with Crippen molar-refractivity contribution in [3.05, 3.63) is 64.5 Å². The highest BCUT2D eigenvalue weighted by atomic mass is 19.4. The zero-order chi connectivity index (χ0) is 20.5. The average Bonchev–Trinajstić information content (AvgIpc) is 3.45. The van der Waals surface area contributed by atoms with Crippen LogP contribution in [0, 0.1) is 11.7 Å². The van der Waals surface area contributed by atoms with Crippen LogP contribution in [-0.4, -0.2) is 17.0 Å². The Hall–Kier alpha value is -3.16. The van der Waals surface area contributed by atoms with Gasteiger partial charge in [0.2, 0.25) is 5.91 Å². The largest absolute Gasteiger partial charge is 0.478 e. The van der Waals surface area contributed by atoms with Gasteiger partial charge in [-0.05, 0) is 48.2 Å². The normalized spacial score (nSPS) is 14.3. The van der Waals surface area contributed by atoms with E-state index in [1.54, 1.807) is 0 Å². The molecule has 2 aromatic rings. The Labute approximate surface area is 157 Å². The lowest BCUT2D eigenvalue weighted by Crippen LogP contribution is -2.16. The predicted molar refractivity (Wildman–Crippen MR) is 95.1 cm³/mol. The van der Waals surface area contributed by atoms with Crippen LogP contribution in [0.5, 0.6) is 0 Å². The molecule has 1 saturated carbocycles. The number of hydrogen-bond donors (Lipinski definition) is 2. The summed E-state index contributed by atoms with van der Waals surface area (Å²) in [5.41, 5.74) is -1.11. The molecule has 0 spiro atoms. The van der Waals surface area contributed by atoms with Crippen LogP contribution in [-0.2, 0) is 11.0 Å². The molecule has 1 aliphatic carbocycles. The number of carboxylic acids is 1. The van der Waals surface area contributed by atoms with Gasteiger partial charge in [0.1, 0.15) is 5.82 Å². The molecule has 1 aliphatic rings. The number of alkyl halides is 3. The van der Waals surface area contributed by atoms with Crippen molar-refractivity contribution in [2.45, 2.75) is 19.0 Å². The zero-order valence-corrected chi connectivity index (χ0v) is 14.4. The molecule has 0 heterocycles. The molecule has 1 fully saturated rings. The summed E-state index contributed by atoms with van der Waals surface area (Å²) < 4.78 is 52.3. The molecule has 3 rings (SSSR count). The van der Waals surface area contributed by atoms with Gasteiger partial charge in [-0.2, -0.15) is 13.2 Å². The van der Waals surface area contributed by atoms with Crippen molar-refractivity contribution in [2.24, 2.45) is 5.92 Å². The standard InChI is InChI=1S/C20H15F4NO3/c21-14-7-6-12(16(10-14)20(22,23)24)3-1-11-2-8-17(15(9-11)19(27)28)25-18(26)13-4-5-13/h1-3,6-10,13H,4-5H2,(H,25,26)(H,27,28). The SMILES string of the molecule is O=C(O)c1cc(C=Cc2ccc(F)cc2C(F)(F)F)ccc1NC(=O)C1CC1. The fraction of sp³-hybridized carbons (Fsp3) is 0.200. The van der Waals surface area contributed by atoms with Crippen LogP contribution >= 0.6 is 0 Å². The molecule has 146 valence electrons. The van der Waals surface area contributed by atoms with Gasteiger partial charge in [-0.1, -0.05) is 24.3 Å². The first-order chi connectivity index (χ1) is 13.1. The first-order valence-electron chi connectivity index (χ1n) is 8.38.